The first kappa shape index (κ1) is 16.4. The Kier molecular flexibility index (Phi) is 4.41. The number of nitrogens with zero attached hydrogens (tertiary/aromatic N) is 2. The molecule has 1 saturated carbocycles. The van der Waals surface area contributed by atoms with Crippen molar-refractivity contribution in [2.45, 2.75) is 50.6 Å². The fraction of sp³-hybridized carbons (Fsp3) is 0.556. The average molecular weight is 348 g/mol. The number of hydrogen-bond acceptors (Lipinski definition) is 3. The van der Waals surface area contributed by atoms with Crippen LogP contribution < -0.4 is 5.32 Å². The fourth-order valence-corrected chi connectivity index (χ4v) is 3.72. The van der Waals surface area contributed by atoms with Crippen molar-refractivity contribution < 1.29 is 13.6 Å². The highest BCUT2D eigenvalue weighted by Crippen LogP contribution is 2.32. The van der Waals surface area contributed by atoms with Crippen LogP contribution in [0.4, 0.5) is 8.78 Å². The van der Waals surface area contributed by atoms with Crippen LogP contribution in [0.25, 0.3) is 11.0 Å². The number of carbonyl (C=O) groups is 1. The maximum Gasteiger partial charge on any atom is 0.295 e. The summed E-state index contributed by atoms with van der Waals surface area (Å²) in [5.74, 6) is -0.536. The quantitative estimate of drug-likeness (QED) is 0.872. The van der Waals surface area contributed by atoms with Crippen LogP contribution in [0.1, 0.15) is 54.7 Å². The molecule has 1 aromatic carbocycles. The summed E-state index contributed by atoms with van der Waals surface area (Å²) in [4.78, 5) is 21.4. The SMILES string of the molecule is O=C(NCC1CCCCN1C1CC1)c1ccc2nc(C(F)F)[nH]c2c1. The summed E-state index contributed by atoms with van der Waals surface area (Å²) in [7, 11) is 0. The molecule has 1 aromatic heterocycles. The van der Waals surface area contributed by atoms with Gasteiger partial charge in [-0.3, -0.25) is 9.69 Å². The second kappa shape index (κ2) is 6.71. The molecule has 2 fully saturated rings. The van der Waals surface area contributed by atoms with E-state index >= 15 is 0 Å². The molecule has 1 atom stereocenters. The molecule has 0 radical (unpaired) electrons. The van der Waals surface area contributed by atoms with E-state index in [1.165, 1.54) is 25.7 Å². The van der Waals surface area contributed by atoms with Crippen molar-refractivity contribution in [3.05, 3.63) is 29.6 Å². The van der Waals surface area contributed by atoms with E-state index in [1.807, 2.05) is 0 Å². The van der Waals surface area contributed by atoms with Crippen LogP contribution >= 0.6 is 0 Å². The first-order chi connectivity index (χ1) is 12.1. The number of halogens is 2. The maximum absolute atomic E-state index is 12.7. The highest BCUT2D eigenvalue weighted by Gasteiger charge is 2.35. The van der Waals surface area contributed by atoms with Gasteiger partial charge >= 0.3 is 0 Å². The number of H-pyrrole nitrogens is 1. The van der Waals surface area contributed by atoms with Crippen LogP contribution in [0.3, 0.4) is 0 Å². The number of fused-ring (bicyclic) bond motifs is 1. The first-order valence-electron chi connectivity index (χ1n) is 8.93. The lowest BCUT2D eigenvalue weighted by Gasteiger charge is -2.36. The van der Waals surface area contributed by atoms with Crippen molar-refractivity contribution in [2.75, 3.05) is 13.1 Å². The van der Waals surface area contributed by atoms with E-state index in [2.05, 4.69) is 20.2 Å². The summed E-state index contributed by atoms with van der Waals surface area (Å²) in [5.41, 5.74) is 1.37. The summed E-state index contributed by atoms with van der Waals surface area (Å²) in [6.07, 6.45) is 3.46. The number of nitrogens with one attached hydrogen (secondary N) is 2. The van der Waals surface area contributed by atoms with Gasteiger partial charge < -0.3 is 10.3 Å². The summed E-state index contributed by atoms with van der Waals surface area (Å²) >= 11 is 0. The van der Waals surface area contributed by atoms with Crippen molar-refractivity contribution in [2.24, 2.45) is 0 Å². The molecule has 2 aromatic rings. The number of piperidine rings is 1. The Labute approximate surface area is 144 Å². The highest BCUT2D eigenvalue weighted by atomic mass is 19.3. The van der Waals surface area contributed by atoms with Gasteiger partial charge in [0.1, 0.15) is 0 Å². The zero-order valence-corrected chi connectivity index (χ0v) is 14.0. The Bertz CT molecular complexity index is 772. The van der Waals surface area contributed by atoms with Gasteiger partial charge in [0, 0.05) is 24.2 Å². The van der Waals surface area contributed by atoms with Crippen molar-refractivity contribution in [3.63, 3.8) is 0 Å². The monoisotopic (exact) mass is 348 g/mol. The van der Waals surface area contributed by atoms with E-state index in [4.69, 9.17) is 0 Å². The molecule has 0 bridgehead atoms. The average Bonchev–Trinajstić information content (AvgIpc) is 3.37. The van der Waals surface area contributed by atoms with E-state index < -0.39 is 6.43 Å². The van der Waals surface area contributed by atoms with Gasteiger partial charge in [-0.1, -0.05) is 6.42 Å². The fourth-order valence-electron chi connectivity index (χ4n) is 3.72. The number of benzene rings is 1. The van der Waals surface area contributed by atoms with E-state index in [9.17, 15) is 13.6 Å². The van der Waals surface area contributed by atoms with Gasteiger partial charge in [0.15, 0.2) is 5.82 Å². The lowest BCUT2D eigenvalue weighted by atomic mass is 10.0. The van der Waals surface area contributed by atoms with Crippen LogP contribution in [-0.4, -0.2) is 45.9 Å². The van der Waals surface area contributed by atoms with Crippen LogP contribution in [-0.2, 0) is 0 Å². The Morgan fingerprint density at radius 3 is 2.92 bits per heavy atom. The molecule has 2 heterocycles. The normalized spacial score (nSPS) is 21.8. The van der Waals surface area contributed by atoms with Crippen molar-refractivity contribution in [3.8, 4) is 0 Å². The number of hydrogen-bond donors (Lipinski definition) is 2. The molecule has 2 aliphatic rings. The van der Waals surface area contributed by atoms with Crippen molar-refractivity contribution in [1.82, 2.24) is 20.2 Å². The van der Waals surface area contributed by atoms with Gasteiger partial charge in [-0.25, -0.2) is 13.8 Å². The lowest BCUT2D eigenvalue weighted by molar-refractivity contribution is 0.0906. The standard InChI is InChI=1S/C18H22F2N4O/c19-16(20)17-22-14-7-4-11(9-15(14)23-17)18(25)21-10-13-3-1-2-8-24(13)12-5-6-12/h4,7,9,12-13,16H,1-3,5-6,8,10H2,(H,21,25)(H,22,23). The molecular weight excluding hydrogens is 326 g/mol. The molecule has 4 rings (SSSR count). The number of rotatable bonds is 5. The minimum Gasteiger partial charge on any atom is -0.350 e. The molecule has 1 aliphatic carbocycles. The predicted octanol–water partition coefficient (Wildman–Crippen LogP) is 3.25. The Morgan fingerprint density at radius 2 is 2.16 bits per heavy atom. The smallest absolute Gasteiger partial charge is 0.295 e. The third kappa shape index (κ3) is 3.51. The van der Waals surface area contributed by atoms with E-state index in [-0.39, 0.29) is 11.7 Å². The number of alkyl halides is 2. The second-order valence-electron chi connectivity index (χ2n) is 6.98. The summed E-state index contributed by atoms with van der Waals surface area (Å²) in [6, 6.07) is 5.93. The molecule has 7 heteroatoms. The van der Waals surface area contributed by atoms with Crippen molar-refractivity contribution in [1.29, 1.82) is 0 Å². The first-order valence-corrected chi connectivity index (χ1v) is 8.93. The number of aromatic nitrogens is 2. The van der Waals surface area contributed by atoms with E-state index in [0.29, 0.717) is 35.2 Å². The molecule has 2 N–H and O–H groups in total. The molecule has 25 heavy (non-hydrogen) atoms. The van der Waals surface area contributed by atoms with Gasteiger partial charge in [0.05, 0.1) is 11.0 Å². The van der Waals surface area contributed by atoms with Crippen LogP contribution in [0.5, 0.6) is 0 Å². The molecule has 1 aliphatic heterocycles. The highest BCUT2D eigenvalue weighted by molar-refractivity contribution is 5.97. The Morgan fingerprint density at radius 1 is 1.32 bits per heavy atom. The van der Waals surface area contributed by atoms with Gasteiger partial charge in [0.2, 0.25) is 0 Å². The third-order valence-electron chi connectivity index (χ3n) is 5.16. The minimum atomic E-state index is -2.65. The minimum absolute atomic E-state index is 0.170. The molecular formula is C18H22F2N4O. The summed E-state index contributed by atoms with van der Waals surface area (Å²) in [5, 5.41) is 3.01. The predicted molar refractivity (Wildman–Crippen MR) is 90.8 cm³/mol. The molecule has 1 saturated heterocycles. The van der Waals surface area contributed by atoms with Gasteiger partial charge in [-0.05, 0) is 50.4 Å². The number of aromatic amines is 1. The van der Waals surface area contributed by atoms with E-state index in [1.54, 1.807) is 18.2 Å². The zero-order chi connectivity index (χ0) is 17.4. The summed E-state index contributed by atoms with van der Waals surface area (Å²) in [6.45, 7) is 1.76. The lowest BCUT2D eigenvalue weighted by Crippen LogP contribution is -2.47. The van der Waals surface area contributed by atoms with Gasteiger partial charge in [-0.15, -0.1) is 0 Å². The molecule has 5 nitrogen and oxygen atoms in total. The van der Waals surface area contributed by atoms with Gasteiger partial charge in [0.25, 0.3) is 12.3 Å². The number of carbonyl (C=O) groups excluding carboxylic acids is 1. The summed E-state index contributed by atoms with van der Waals surface area (Å²) < 4.78 is 25.4. The topological polar surface area (TPSA) is 61.0 Å². The number of likely N-dealkylation sites (tertiary alicyclic amines) is 1. The van der Waals surface area contributed by atoms with E-state index in [0.717, 1.165) is 13.0 Å². The second-order valence-corrected chi connectivity index (χ2v) is 6.98. The van der Waals surface area contributed by atoms with Crippen LogP contribution in [0.2, 0.25) is 0 Å². The van der Waals surface area contributed by atoms with Crippen LogP contribution in [0, 0.1) is 0 Å². The molecule has 1 amide bonds. The maximum atomic E-state index is 12.7. The van der Waals surface area contributed by atoms with Crippen molar-refractivity contribution >= 4 is 16.9 Å². The molecule has 0 spiro atoms. The van der Waals surface area contributed by atoms with Crippen LogP contribution in [0.15, 0.2) is 18.2 Å². The Balaban J connectivity index is 1.42. The Hall–Kier alpha value is -2.02. The largest absolute Gasteiger partial charge is 0.350 e. The zero-order valence-electron chi connectivity index (χ0n) is 14.0. The number of imidazole rings is 1. The number of amides is 1. The molecule has 134 valence electrons. The van der Waals surface area contributed by atoms with Gasteiger partial charge in [-0.2, -0.15) is 0 Å². The third-order valence-corrected chi connectivity index (χ3v) is 5.16. The molecule has 1 unspecified atom stereocenters.